The lowest BCUT2D eigenvalue weighted by molar-refractivity contribution is -0.137. The van der Waals surface area contributed by atoms with Crippen LogP contribution in [-0.4, -0.2) is 29.9 Å². The first-order valence-electron chi connectivity index (χ1n) is 19.6. The summed E-state index contributed by atoms with van der Waals surface area (Å²) in [6.45, 7) is 0. The summed E-state index contributed by atoms with van der Waals surface area (Å²) in [6, 6.07) is 55.5. The van der Waals surface area contributed by atoms with Crippen molar-refractivity contribution in [2.24, 2.45) is 0 Å². The Bertz CT molecular complexity index is 2970. The van der Waals surface area contributed by atoms with E-state index in [9.17, 15) is 13.2 Å². The lowest BCUT2D eigenvalue weighted by atomic mass is 9.60. The summed E-state index contributed by atoms with van der Waals surface area (Å²) in [5, 5.41) is 0. The van der Waals surface area contributed by atoms with Crippen molar-refractivity contribution in [1.29, 1.82) is 0 Å². The first-order valence-corrected chi connectivity index (χ1v) is 19.6. The number of aromatic nitrogens is 6. The molecular formula is C51H31F3N6. The molecule has 9 aromatic rings. The second-order valence-electron chi connectivity index (χ2n) is 15.0. The molecule has 0 radical (unpaired) electrons. The maximum Gasteiger partial charge on any atom is 0.416 e. The SMILES string of the molecule is FC(F)(F)c1ccc2c(c1)C1c3ccc(-c4nc(-c5ccccc5)nc(-c5ccccc5)n4)cc3C2c2ccc(-c3nc(-c4ccccc4)nc(-c4ccccc4)n3)cc21. The van der Waals surface area contributed by atoms with E-state index in [1.165, 1.54) is 12.1 Å². The fourth-order valence-corrected chi connectivity index (χ4v) is 8.60. The molecule has 0 amide bonds. The summed E-state index contributed by atoms with van der Waals surface area (Å²) in [5.41, 5.74) is 9.65. The van der Waals surface area contributed by atoms with Gasteiger partial charge in [0.2, 0.25) is 0 Å². The van der Waals surface area contributed by atoms with E-state index in [0.717, 1.165) is 61.2 Å². The van der Waals surface area contributed by atoms with Crippen molar-refractivity contribution in [3.8, 4) is 68.3 Å². The molecule has 7 aromatic carbocycles. The van der Waals surface area contributed by atoms with Gasteiger partial charge < -0.3 is 0 Å². The van der Waals surface area contributed by atoms with Gasteiger partial charge in [0.05, 0.1) is 5.56 Å². The largest absolute Gasteiger partial charge is 0.416 e. The van der Waals surface area contributed by atoms with Crippen LogP contribution in [0.3, 0.4) is 0 Å². The average molecular weight is 785 g/mol. The number of hydrogen-bond acceptors (Lipinski definition) is 6. The predicted molar refractivity (Wildman–Crippen MR) is 226 cm³/mol. The Balaban J connectivity index is 1.07. The molecular weight excluding hydrogens is 754 g/mol. The van der Waals surface area contributed by atoms with E-state index < -0.39 is 17.7 Å². The standard InChI is InChI=1S/C51H31F3N6/c52-51(53,54)36-23-26-39-42(29-36)44-38-25-22-34(49-57-45(30-13-5-1-6-14-30)55-46(58-49)31-15-7-2-8-16-31)27-40(38)43(39)37-24-21-35(28-41(37)44)50-59-47(32-17-9-3-10-18-32)56-48(60-50)33-19-11-4-12-20-33/h1-29,43-44H. The molecule has 6 nitrogen and oxygen atoms in total. The van der Waals surface area contributed by atoms with Crippen LogP contribution in [0.1, 0.15) is 50.8 Å². The highest BCUT2D eigenvalue weighted by Crippen LogP contribution is 2.57. The smallest absolute Gasteiger partial charge is 0.208 e. The van der Waals surface area contributed by atoms with Gasteiger partial charge >= 0.3 is 6.18 Å². The zero-order chi connectivity index (χ0) is 40.4. The highest BCUT2D eigenvalue weighted by molar-refractivity contribution is 5.76. The van der Waals surface area contributed by atoms with Crippen molar-refractivity contribution in [3.05, 3.63) is 215 Å². The normalized spacial score (nSPS) is 14.9. The van der Waals surface area contributed by atoms with Crippen molar-refractivity contribution in [3.63, 3.8) is 0 Å². The van der Waals surface area contributed by atoms with Crippen LogP contribution >= 0.6 is 0 Å². The summed E-state index contributed by atoms with van der Waals surface area (Å²) in [6.07, 6.45) is -4.50. The predicted octanol–water partition coefficient (Wildman–Crippen LogP) is 12.1. The minimum atomic E-state index is -4.50. The minimum Gasteiger partial charge on any atom is -0.208 e. The second-order valence-corrected chi connectivity index (χ2v) is 15.0. The van der Waals surface area contributed by atoms with E-state index in [1.807, 2.05) is 140 Å². The number of hydrogen-bond donors (Lipinski definition) is 0. The molecule has 2 atom stereocenters. The van der Waals surface area contributed by atoms with E-state index in [4.69, 9.17) is 29.9 Å². The van der Waals surface area contributed by atoms with Crippen molar-refractivity contribution in [1.82, 2.24) is 29.9 Å². The maximum absolute atomic E-state index is 14.3. The highest BCUT2D eigenvalue weighted by Gasteiger charge is 2.43. The molecule has 0 fully saturated rings. The summed E-state index contributed by atoms with van der Waals surface area (Å²) in [4.78, 5) is 29.6. The third-order valence-corrected chi connectivity index (χ3v) is 11.4. The molecule has 2 bridgehead atoms. The molecule has 0 N–H and O–H groups in total. The highest BCUT2D eigenvalue weighted by atomic mass is 19.4. The molecule has 3 aliphatic rings. The lowest BCUT2D eigenvalue weighted by Gasteiger charge is -2.42. The third kappa shape index (κ3) is 6.14. The van der Waals surface area contributed by atoms with Crippen LogP contribution in [0.15, 0.2) is 176 Å². The number of rotatable bonds is 6. The Kier molecular flexibility index (Phi) is 8.30. The molecule has 2 unspecified atom stereocenters. The molecule has 286 valence electrons. The van der Waals surface area contributed by atoms with Gasteiger partial charge in [-0.3, -0.25) is 0 Å². The van der Waals surface area contributed by atoms with Crippen LogP contribution in [0.25, 0.3) is 68.3 Å². The zero-order valence-electron chi connectivity index (χ0n) is 31.7. The van der Waals surface area contributed by atoms with Gasteiger partial charge in [-0.15, -0.1) is 0 Å². The van der Waals surface area contributed by atoms with E-state index in [2.05, 4.69) is 18.2 Å². The number of nitrogens with zero attached hydrogens (tertiary/aromatic N) is 6. The molecule has 9 heteroatoms. The number of alkyl halides is 3. The molecule has 0 saturated heterocycles. The van der Waals surface area contributed by atoms with Crippen molar-refractivity contribution in [2.45, 2.75) is 18.0 Å². The van der Waals surface area contributed by atoms with Gasteiger partial charge in [-0.05, 0) is 57.6 Å². The van der Waals surface area contributed by atoms with Gasteiger partial charge in [-0.2, -0.15) is 13.2 Å². The van der Waals surface area contributed by atoms with Gasteiger partial charge in [0.15, 0.2) is 34.9 Å². The van der Waals surface area contributed by atoms with Crippen LogP contribution in [0.5, 0.6) is 0 Å². The molecule has 0 spiro atoms. The topological polar surface area (TPSA) is 77.3 Å². The Labute approximate surface area is 343 Å². The van der Waals surface area contributed by atoms with E-state index >= 15 is 0 Å². The minimum absolute atomic E-state index is 0.339. The number of halogens is 3. The van der Waals surface area contributed by atoms with E-state index in [-0.39, 0.29) is 5.92 Å². The van der Waals surface area contributed by atoms with Gasteiger partial charge in [0, 0.05) is 45.2 Å². The Hall–Kier alpha value is -7.65. The van der Waals surface area contributed by atoms with Gasteiger partial charge in [0.25, 0.3) is 0 Å². The first kappa shape index (κ1) is 35.5. The molecule has 60 heavy (non-hydrogen) atoms. The molecule has 3 aliphatic carbocycles. The van der Waals surface area contributed by atoms with Crippen LogP contribution in [0.2, 0.25) is 0 Å². The summed E-state index contributed by atoms with van der Waals surface area (Å²) < 4.78 is 43.0. The van der Waals surface area contributed by atoms with Crippen molar-refractivity contribution >= 4 is 0 Å². The zero-order valence-corrected chi connectivity index (χ0v) is 31.7. The summed E-state index contributed by atoms with van der Waals surface area (Å²) in [5.74, 6) is 2.32. The van der Waals surface area contributed by atoms with Crippen molar-refractivity contribution in [2.75, 3.05) is 0 Å². The van der Waals surface area contributed by atoms with Crippen LogP contribution < -0.4 is 0 Å². The van der Waals surface area contributed by atoms with Crippen LogP contribution in [0.4, 0.5) is 13.2 Å². The average Bonchev–Trinajstić information content (AvgIpc) is 3.31. The monoisotopic (exact) mass is 784 g/mol. The Morgan fingerprint density at radius 2 is 0.567 bits per heavy atom. The summed E-state index contributed by atoms with van der Waals surface area (Å²) >= 11 is 0. The van der Waals surface area contributed by atoms with Gasteiger partial charge in [-0.1, -0.05) is 152 Å². The Morgan fingerprint density at radius 3 is 0.900 bits per heavy atom. The molecule has 0 aliphatic heterocycles. The first-order chi connectivity index (χ1) is 29.4. The molecule has 12 rings (SSSR count). The molecule has 0 saturated carbocycles. The summed E-state index contributed by atoms with van der Waals surface area (Å²) in [7, 11) is 0. The quantitative estimate of drug-likeness (QED) is 0.167. The van der Waals surface area contributed by atoms with Crippen LogP contribution in [-0.2, 0) is 6.18 Å². The van der Waals surface area contributed by atoms with E-state index in [1.54, 1.807) is 6.07 Å². The van der Waals surface area contributed by atoms with E-state index in [0.29, 0.717) is 40.5 Å². The molecule has 2 heterocycles. The fraction of sp³-hybridized carbons (Fsp3) is 0.0588. The van der Waals surface area contributed by atoms with Crippen LogP contribution in [0, 0.1) is 0 Å². The molecule has 2 aromatic heterocycles. The fourth-order valence-electron chi connectivity index (χ4n) is 8.60. The Morgan fingerprint density at radius 1 is 0.283 bits per heavy atom. The van der Waals surface area contributed by atoms with Crippen molar-refractivity contribution < 1.29 is 13.2 Å². The maximum atomic E-state index is 14.3. The number of benzene rings is 7. The lowest BCUT2D eigenvalue weighted by Crippen LogP contribution is -2.28. The third-order valence-electron chi connectivity index (χ3n) is 11.4. The van der Waals surface area contributed by atoms with Gasteiger partial charge in [-0.25, -0.2) is 29.9 Å². The van der Waals surface area contributed by atoms with Gasteiger partial charge in [0.1, 0.15) is 0 Å². The second kappa shape index (κ2) is 14.0.